The van der Waals surface area contributed by atoms with Gasteiger partial charge in [-0.2, -0.15) is 0 Å². The number of ether oxygens (including phenoxy) is 1. The third kappa shape index (κ3) is 4.11. The van der Waals surface area contributed by atoms with Crippen LogP contribution in [0.1, 0.15) is 53.9 Å². The zero-order chi connectivity index (χ0) is 30.2. The molecule has 41 heavy (non-hydrogen) atoms. The Morgan fingerprint density at radius 1 is 1.22 bits per heavy atom. The maximum Gasteiger partial charge on any atom is 0.343 e. The molecule has 5 rings (SSSR count). The molecule has 1 aromatic rings. The van der Waals surface area contributed by atoms with Gasteiger partial charge in [-0.05, 0) is 93.9 Å². The molecule has 0 bridgehead atoms. The number of rotatable bonds is 5. The predicted molar refractivity (Wildman–Crippen MR) is 151 cm³/mol. The Bertz CT molecular complexity index is 1370. The molecule has 2 N–H and O–H groups in total. The third-order valence-corrected chi connectivity index (χ3v) is 10.6. The van der Waals surface area contributed by atoms with Crippen LogP contribution in [0.3, 0.4) is 0 Å². The molecule has 3 saturated carbocycles. The maximum absolute atomic E-state index is 17.6. The van der Waals surface area contributed by atoms with E-state index in [1.54, 1.807) is 52.0 Å². The van der Waals surface area contributed by atoms with Crippen LogP contribution in [-0.4, -0.2) is 46.0 Å². The van der Waals surface area contributed by atoms with Crippen molar-refractivity contribution in [2.45, 2.75) is 83.0 Å². The first-order valence-corrected chi connectivity index (χ1v) is 14.3. The number of alkyl halides is 2. The standard InChI is InChI=1S/C32H36ClF2NO5/c1-7-28(3,4)40-27(39)32(41-36-20-10-8-19(33)9-11-20)18(2)14-22-23-16-25(34)24-15-21(37)12-13-29(24,5)31(23,35)26(38)17-30(22,32)6/h1,8-13,15,18,22-23,25-26,36,38H,14,16-17H2,2-6H3/t18-,22+,23+,25+,26+,29+,30+,31+,32+/m1/s1. The van der Waals surface area contributed by atoms with E-state index in [2.05, 4.69) is 11.4 Å². The van der Waals surface area contributed by atoms with Gasteiger partial charge in [-0.25, -0.2) is 13.6 Å². The van der Waals surface area contributed by atoms with Crippen molar-refractivity contribution in [1.82, 2.24) is 0 Å². The number of esters is 1. The second-order valence-electron chi connectivity index (χ2n) is 13.0. The number of hydrogen-bond acceptors (Lipinski definition) is 6. The van der Waals surface area contributed by atoms with Crippen LogP contribution in [0.25, 0.3) is 0 Å². The molecule has 1 aromatic carbocycles. The maximum atomic E-state index is 17.6. The molecular weight excluding hydrogens is 552 g/mol. The molecule has 9 atom stereocenters. The number of fused-ring (bicyclic) bond motifs is 5. The van der Waals surface area contributed by atoms with Gasteiger partial charge >= 0.3 is 5.97 Å². The minimum Gasteiger partial charge on any atom is -0.444 e. The van der Waals surface area contributed by atoms with Gasteiger partial charge in [0.15, 0.2) is 17.1 Å². The molecule has 4 aliphatic carbocycles. The lowest BCUT2D eigenvalue weighted by molar-refractivity contribution is -0.239. The van der Waals surface area contributed by atoms with E-state index in [9.17, 15) is 14.7 Å². The van der Waals surface area contributed by atoms with E-state index in [1.807, 2.05) is 6.92 Å². The zero-order valence-corrected chi connectivity index (χ0v) is 24.6. The smallest absolute Gasteiger partial charge is 0.343 e. The Morgan fingerprint density at radius 3 is 2.51 bits per heavy atom. The van der Waals surface area contributed by atoms with Crippen molar-refractivity contribution in [2.24, 2.45) is 28.6 Å². The first-order valence-electron chi connectivity index (χ1n) is 13.9. The number of benzene rings is 1. The average molecular weight is 588 g/mol. The number of carbonyl (C=O) groups is 2. The highest BCUT2D eigenvalue weighted by molar-refractivity contribution is 6.30. The van der Waals surface area contributed by atoms with E-state index in [0.29, 0.717) is 17.1 Å². The Labute approximate surface area is 244 Å². The number of ketones is 1. The van der Waals surface area contributed by atoms with Gasteiger partial charge in [-0.1, -0.05) is 37.4 Å². The molecule has 4 aliphatic rings. The number of carbonyl (C=O) groups excluding carboxylic acids is 2. The van der Waals surface area contributed by atoms with Crippen LogP contribution in [0, 0.1) is 40.9 Å². The summed E-state index contributed by atoms with van der Waals surface area (Å²) in [6, 6.07) is 6.66. The lowest BCUT2D eigenvalue weighted by atomic mass is 9.44. The van der Waals surface area contributed by atoms with E-state index in [0.717, 1.165) is 6.08 Å². The Balaban J connectivity index is 1.62. The molecule has 0 amide bonds. The molecular formula is C32H36ClF2NO5. The number of nitrogens with one attached hydrogen (secondary N) is 1. The van der Waals surface area contributed by atoms with Crippen LogP contribution in [0.2, 0.25) is 5.02 Å². The molecule has 9 heteroatoms. The summed E-state index contributed by atoms with van der Waals surface area (Å²) in [5, 5.41) is 12.2. The molecule has 0 unspecified atom stereocenters. The first kappa shape index (κ1) is 29.8. The van der Waals surface area contributed by atoms with Gasteiger partial charge in [0.25, 0.3) is 0 Å². The summed E-state index contributed by atoms with van der Waals surface area (Å²) in [7, 11) is 0. The zero-order valence-electron chi connectivity index (χ0n) is 23.8. The quantitative estimate of drug-likeness (QED) is 0.252. The molecule has 0 aromatic heterocycles. The van der Waals surface area contributed by atoms with Gasteiger partial charge in [0.1, 0.15) is 6.17 Å². The van der Waals surface area contributed by atoms with Gasteiger partial charge < -0.3 is 9.84 Å². The molecule has 0 spiro atoms. The largest absolute Gasteiger partial charge is 0.444 e. The van der Waals surface area contributed by atoms with Crippen molar-refractivity contribution < 1.29 is 33.1 Å². The summed E-state index contributed by atoms with van der Waals surface area (Å²) >= 11 is 6.03. The van der Waals surface area contributed by atoms with Gasteiger partial charge in [0.05, 0.1) is 11.8 Å². The van der Waals surface area contributed by atoms with Crippen LogP contribution in [0.5, 0.6) is 0 Å². The lowest BCUT2D eigenvalue weighted by Crippen LogP contribution is -2.71. The van der Waals surface area contributed by atoms with E-state index in [-0.39, 0.29) is 18.4 Å². The second kappa shape index (κ2) is 9.65. The van der Waals surface area contributed by atoms with E-state index < -0.39 is 69.5 Å². The van der Waals surface area contributed by atoms with Crippen molar-refractivity contribution in [1.29, 1.82) is 0 Å². The molecule has 0 aliphatic heterocycles. The fraction of sp³-hybridized carbons (Fsp3) is 0.562. The highest BCUT2D eigenvalue weighted by atomic mass is 35.5. The highest BCUT2D eigenvalue weighted by Crippen LogP contribution is 2.71. The summed E-state index contributed by atoms with van der Waals surface area (Å²) in [4.78, 5) is 32.7. The first-order chi connectivity index (χ1) is 19.1. The molecule has 220 valence electrons. The van der Waals surface area contributed by atoms with Crippen LogP contribution >= 0.6 is 11.6 Å². The van der Waals surface area contributed by atoms with Gasteiger partial charge in [-0.3, -0.25) is 15.1 Å². The molecule has 0 saturated heterocycles. The fourth-order valence-electron chi connectivity index (χ4n) is 8.21. The second-order valence-corrected chi connectivity index (χ2v) is 13.4. The summed E-state index contributed by atoms with van der Waals surface area (Å²) in [5.74, 6) is -0.803. The van der Waals surface area contributed by atoms with Crippen molar-refractivity contribution in [3.05, 3.63) is 53.1 Å². The van der Waals surface area contributed by atoms with Crippen molar-refractivity contribution in [2.75, 3.05) is 5.48 Å². The number of hydrogen-bond donors (Lipinski definition) is 2. The van der Waals surface area contributed by atoms with Crippen LogP contribution in [-0.2, 0) is 19.2 Å². The van der Waals surface area contributed by atoms with Gasteiger partial charge in [0, 0.05) is 21.8 Å². The van der Waals surface area contributed by atoms with E-state index in [4.69, 9.17) is 27.6 Å². The lowest BCUT2D eigenvalue weighted by Gasteiger charge is -2.63. The van der Waals surface area contributed by atoms with E-state index in [1.165, 1.54) is 12.2 Å². The monoisotopic (exact) mass is 587 g/mol. The van der Waals surface area contributed by atoms with Crippen LogP contribution in [0.15, 0.2) is 48.1 Å². The number of halogens is 3. The molecule has 6 nitrogen and oxygen atoms in total. The predicted octanol–water partition coefficient (Wildman–Crippen LogP) is 5.94. The Morgan fingerprint density at radius 2 is 1.88 bits per heavy atom. The fourth-order valence-corrected chi connectivity index (χ4v) is 8.34. The van der Waals surface area contributed by atoms with Gasteiger partial charge in [0.2, 0.25) is 5.60 Å². The minimum atomic E-state index is -2.29. The third-order valence-electron chi connectivity index (χ3n) is 10.3. The van der Waals surface area contributed by atoms with Crippen molar-refractivity contribution in [3.8, 4) is 12.3 Å². The van der Waals surface area contributed by atoms with Crippen LogP contribution in [0.4, 0.5) is 14.5 Å². The number of aliphatic hydroxyl groups is 1. The SMILES string of the molecule is C#CC(C)(C)OC(=O)[C@@]1(ONc2ccc(Cl)cc2)[C@H](C)C[C@H]2[C@@H]3C[C@H](F)C4=CC(=O)C=C[C@]4(C)[C@@]3(F)[C@@H](O)C[C@@]21C. The van der Waals surface area contributed by atoms with Crippen molar-refractivity contribution >= 4 is 29.0 Å². The number of anilines is 1. The molecule has 3 fully saturated rings. The number of allylic oxidation sites excluding steroid dienone is 4. The molecule has 0 radical (unpaired) electrons. The number of aliphatic hydroxyl groups excluding tert-OH is 1. The Hall–Kier alpha value is -2.73. The van der Waals surface area contributed by atoms with Gasteiger partial charge in [-0.15, -0.1) is 6.42 Å². The minimum absolute atomic E-state index is 0.0412. The average Bonchev–Trinajstić information content (AvgIpc) is 3.13. The van der Waals surface area contributed by atoms with Crippen LogP contribution < -0.4 is 5.48 Å². The van der Waals surface area contributed by atoms with Crippen molar-refractivity contribution in [3.63, 3.8) is 0 Å². The summed E-state index contributed by atoms with van der Waals surface area (Å²) in [5.41, 5.74) is -4.60. The van der Waals surface area contributed by atoms with E-state index >= 15 is 8.78 Å². The number of terminal acetylenes is 1. The highest BCUT2D eigenvalue weighted by Gasteiger charge is 2.78. The summed E-state index contributed by atoms with van der Waals surface area (Å²) < 4.78 is 39.3. The topological polar surface area (TPSA) is 84.9 Å². The Kier molecular flexibility index (Phi) is 7.00. The normalized spacial score (nSPS) is 41.4. The summed E-state index contributed by atoms with van der Waals surface area (Å²) in [6.45, 7) is 8.28. The summed E-state index contributed by atoms with van der Waals surface area (Å²) in [6.07, 6.45) is 6.11. The molecule has 0 heterocycles.